The molecule has 35 heavy (non-hydrogen) atoms. The van der Waals surface area contributed by atoms with E-state index >= 15 is 0 Å². The Labute approximate surface area is 200 Å². The normalized spacial score (nSPS) is 13.4. The average Bonchev–Trinajstić information content (AvgIpc) is 3.18. The van der Waals surface area contributed by atoms with Crippen LogP contribution in [0.4, 0.5) is 9.18 Å². The first-order chi connectivity index (χ1) is 17.0. The van der Waals surface area contributed by atoms with Crippen LogP contribution in [0.2, 0.25) is 0 Å². The summed E-state index contributed by atoms with van der Waals surface area (Å²) in [6.07, 6.45) is 2.05. The number of carbonyl (C=O) groups is 3. The highest BCUT2D eigenvalue weighted by Gasteiger charge is 2.30. The van der Waals surface area contributed by atoms with Crippen LogP contribution in [-0.2, 0) is 11.3 Å². The Balaban J connectivity index is 1.43. The van der Waals surface area contributed by atoms with Crippen molar-refractivity contribution in [3.8, 4) is 11.1 Å². The zero-order valence-electron chi connectivity index (χ0n) is 18.6. The van der Waals surface area contributed by atoms with Crippen molar-refractivity contribution in [1.82, 2.24) is 20.5 Å². The molecule has 0 spiro atoms. The van der Waals surface area contributed by atoms with Gasteiger partial charge in [-0.15, -0.1) is 0 Å². The molecule has 0 fully saturated rings. The van der Waals surface area contributed by atoms with Crippen LogP contribution in [0.15, 0.2) is 79.0 Å². The Kier molecular flexibility index (Phi) is 5.93. The third kappa shape index (κ3) is 4.46. The Bertz CT molecular complexity index is 1430. The molecular formula is C27H21FN4O3. The number of carbonyl (C=O) groups excluding carboxylic acids is 3. The van der Waals surface area contributed by atoms with Crippen molar-refractivity contribution < 1.29 is 18.8 Å². The van der Waals surface area contributed by atoms with Crippen LogP contribution in [0.3, 0.4) is 0 Å². The van der Waals surface area contributed by atoms with Gasteiger partial charge in [0.15, 0.2) is 0 Å². The average molecular weight is 468 g/mol. The number of aromatic nitrogens is 1. The molecule has 2 N–H and O–H groups in total. The zero-order valence-corrected chi connectivity index (χ0v) is 18.6. The molecule has 1 aliphatic heterocycles. The number of pyridine rings is 1. The van der Waals surface area contributed by atoms with E-state index in [1.54, 1.807) is 17.2 Å². The van der Waals surface area contributed by atoms with E-state index in [9.17, 15) is 18.8 Å². The van der Waals surface area contributed by atoms with Gasteiger partial charge in [0.05, 0.1) is 11.6 Å². The molecule has 4 amide bonds. The number of halogens is 1. The maximum atomic E-state index is 13.6. The fourth-order valence-electron chi connectivity index (χ4n) is 4.44. The molecule has 1 aromatic heterocycles. The van der Waals surface area contributed by atoms with E-state index in [4.69, 9.17) is 0 Å². The molecule has 0 aliphatic carbocycles. The molecule has 1 atom stereocenters. The number of rotatable bonds is 6. The van der Waals surface area contributed by atoms with Crippen LogP contribution >= 0.6 is 0 Å². The molecule has 7 nitrogen and oxygen atoms in total. The number of nitrogens with zero attached hydrogens (tertiary/aromatic N) is 2. The van der Waals surface area contributed by atoms with E-state index in [1.807, 2.05) is 54.6 Å². The van der Waals surface area contributed by atoms with Crippen LogP contribution in [0.1, 0.15) is 27.5 Å². The minimum atomic E-state index is -0.676. The van der Waals surface area contributed by atoms with Gasteiger partial charge in [-0.25, -0.2) is 9.18 Å². The summed E-state index contributed by atoms with van der Waals surface area (Å²) in [5.41, 5.74) is 4.69. The highest BCUT2D eigenvalue weighted by Crippen LogP contribution is 2.30. The summed E-state index contributed by atoms with van der Waals surface area (Å²) in [5.74, 6) is -0.778. The summed E-state index contributed by atoms with van der Waals surface area (Å²) in [4.78, 5) is 41.7. The molecule has 0 saturated carbocycles. The Morgan fingerprint density at radius 3 is 2.69 bits per heavy atom. The molecule has 0 bridgehead atoms. The number of urea groups is 1. The van der Waals surface area contributed by atoms with Gasteiger partial charge in [-0.2, -0.15) is 0 Å². The van der Waals surface area contributed by atoms with Gasteiger partial charge >= 0.3 is 6.03 Å². The van der Waals surface area contributed by atoms with Crippen molar-refractivity contribution >= 4 is 29.3 Å². The number of nitrogens with one attached hydrogen (secondary N) is 2. The lowest BCUT2D eigenvalue weighted by Gasteiger charge is -2.25. The second-order valence-corrected chi connectivity index (χ2v) is 8.27. The largest absolute Gasteiger partial charge is 0.332 e. The maximum Gasteiger partial charge on any atom is 0.321 e. The van der Waals surface area contributed by atoms with Crippen molar-refractivity contribution in [2.75, 3.05) is 6.54 Å². The van der Waals surface area contributed by atoms with Crippen LogP contribution in [0, 0.1) is 5.82 Å². The maximum absolute atomic E-state index is 13.6. The van der Waals surface area contributed by atoms with Crippen molar-refractivity contribution in [2.24, 2.45) is 0 Å². The van der Waals surface area contributed by atoms with Gasteiger partial charge in [0.1, 0.15) is 5.82 Å². The summed E-state index contributed by atoms with van der Waals surface area (Å²) in [7, 11) is 0. The standard InChI is InChI=1S/C27H21FN4O3/c28-20-11-10-19-14-32(26(34)23(19)13-20)15-25(31-27(35)30-16-33)18-8-6-17(7-9-18)21-3-1-5-24-22(21)4-2-12-29-24/h1-13,16,25H,14-15H2,(H2,30,31,33,35)/t25-/m0/s1. The molecule has 174 valence electrons. The number of fused-ring (bicyclic) bond motifs is 2. The monoisotopic (exact) mass is 468 g/mol. The van der Waals surface area contributed by atoms with E-state index in [0.29, 0.717) is 18.5 Å². The molecule has 4 aromatic rings. The van der Waals surface area contributed by atoms with E-state index in [1.165, 1.54) is 12.1 Å². The lowest BCUT2D eigenvalue weighted by molar-refractivity contribution is -0.108. The van der Waals surface area contributed by atoms with Crippen LogP contribution in [0.25, 0.3) is 22.0 Å². The first-order valence-electron chi connectivity index (χ1n) is 11.1. The lowest BCUT2D eigenvalue weighted by atomic mass is 9.97. The Morgan fingerprint density at radius 2 is 1.89 bits per heavy atom. The van der Waals surface area contributed by atoms with E-state index in [-0.39, 0.29) is 12.5 Å². The van der Waals surface area contributed by atoms with Gasteiger partial charge in [0.25, 0.3) is 5.91 Å². The Hall–Kier alpha value is -4.59. The number of hydrogen-bond acceptors (Lipinski definition) is 4. The topological polar surface area (TPSA) is 91.4 Å². The third-order valence-electron chi connectivity index (χ3n) is 6.12. The SMILES string of the molecule is O=CNC(=O)N[C@@H](CN1Cc2ccc(F)cc2C1=O)c1ccc(-c2cccc3ncccc23)cc1. The smallest absolute Gasteiger partial charge is 0.321 e. The fourth-order valence-corrected chi connectivity index (χ4v) is 4.44. The minimum absolute atomic E-state index is 0.152. The van der Waals surface area contributed by atoms with Crippen molar-refractivity contribution in [1.29, 1.82) is 0 Å². The van der Waals surface area contributed by atoms with Gasteiger partial charge in [0, 0.05) is 30.2 Å². The number of imide groups is 1. The number of amides is 4. The highest BCUT2D eigenvalue weighted by molar-refractivity contribution is 5.98. The van der Waals surface area contributed by atoms with E-state index in [2.05, 4.69) is 15.6 Å². The van der Waals surface area contributed by atoms with Crippen LogP contribution < -0.4 is 10.6 Å². The minimum Gasteiger partial charge on any atom is -0.332 e. The molecule has 3 aromatic carbocycles. The zero-order chi connectivity index (χ0) is 24.4. The fraction of sp³-hybridized carbons (Fsp3) is 0.111. The summed E-state index contributed by atoms with van der Waals surface area (Å²) in [6.45, 7) is 0.460. The molecule has 5 rings (SSSR count). The van der Waals surface area contributed by atoms with Gasteiger partial charge in [0.2, 0.25) is 6.41 Å². The molecule has 0 unspecified atom stereocenters. The van der Waals surface area contributed by atoms with Crippen LogP contribution in [-0.4, -0.2) is 34.8 Å². The molecule has 0 saturated heterocycles. The van der Waals surface area contributed by atoms with Crippen molar-refractivity contribution in [2.45, 2.75) is 12.6 Å². The predicted molar refractivity (Wildman–Crippen MR) is 129 cm³/mol. The molecular weight excluding hydrogens is 447 g/mol. The summed E-state index contributed by atoms with van der Waals surface area (Å²) in [6, 6.07) is 20.3. The van der Waals surface area contributed by atoms with Crippen molar-refractivity contribution in [3.05, 3.63) is 102 Å². The van der Waals surface area contributed by atoms with E-state index < -0.39 is 17.9 Å². The van der Waals surface area contributed by atoms with Crippen LogP contribution in [0.5, 0.6) is 0 Å². The first-order valence-corrected chi connectivity index (χ1v) is 11.1. The second kappa shape index (κ2) is 9.34. The summed E-state index contributed by atoms with van der Waals surface area (Å²) >= 11 is 0. The third-order valence-corrected chi connectivity index (χ3v) is 6.12. The molecule has 1 aliphatic rings. The highest BCUT2D eigenvalue weighted by atomic mass is 19.1. The van der Waals surface area contributed by atoms with Gasteiger partial charge in [-0.1, -0.05) is 48.5 Å². The molecule has 0 radical (unpaired) electrons. The van der Waals surface area contributed by atoms with Gasteiger partial charge in [-0.05, 0) is 46.5 Å². The molecule has 2 heterocycles. The Morgan fingerprint density at radius 1 is 1.06 bits per heavy atom. The van der Waals surface area contributed by atoms with Gasteiger partial charge in [-0.3, -0.25) is 19.9 Å². The van der Waals surface area contributed by atoms with Crippen molar-refractivity contribution in [3.63, 3.8) is 0 Å². The van der Waals surface area contributed by atoms with Gasteiger partial charge < -0.3 is 10.2 Å². The lowest BCUT2D eigenvalue weighted by Crippen LogP contribution is -2.42. The summed E-state index contributed by atoms with van der Waals surface area (Å²) in [5, 5.41) is 5.85. The first kappa shape index (κ1) is 22.2. The quantitative estimate of drug-likeness (QED) is 0.415. The number of benzene rings is 3. The predicted octanol–water partition coefficient (Wildman–Crippen LogP) is 4.19. The summed E-state index contributed by atoms with van der Waals surface area (Å²) < 4.78 is 13.6. The second-order valence-electron chi connectivity index (χ2n) is 8.27. The number of hydrogen-bond donors (Lipinski definition) is 2. The van der Waals surface area contributed by atoms with E-state index in [0.717, 1.165) is 33.2 Å². The molecule has 8 heteroatoms.